The van der Waals surface area contributed by atoms with Crippen molar-refractivity contribution in [1.82, 2.24) is 5.32 Å². The number of alkyl halides is 1. The van der Waals surface area contributed by atoms with Gasteiger partial charge in [0.15, 0.2) is 0 Å². The molecular weight excluding hydrogens is 273 g/mol. The maximum Gasteiger partial charge on any atom is 0.255 e. The zero-order valence-electron chi connectivity index (χ0n) is 10.1. The summed E-state index contributed by atoms with van der Waals surface area (Å²) in [6.07, 6.45) is 2.16. The number of halogens is 2. The minimum atomic E-state index is -0.153. The summed E-state index contributed by atoms with van der Waals surface area (Å²) in [5.74, 6) is 0.918. The van der Waals surface area contributed by atoms with E-state index in [2.05, 4.69) is 5.32 Å². The lowest BCUT2D eigenvalue weighted by Crippen LogP contribution is -2.31. The van der Waals surface area contributed by atoms with Crippen LogP contribution in [0, 0.1) is 5.41 Å². The fourth-order valence-electron chi connectivity index (χ4n) is 1.75. The number of methoxy groups -OCH3 is 1. The molecule has 1 aromatic rings. The van der Waals surface area contributed by atoms with Crippen LogP contribution in [0.2, 0.25) is 5.02 Å². The average Bonchev–Trinajstić information content (AvgIpc) is 3.16. The number of rotatable bonds is 5. The van der Waals surface area contributed by atoms with Crippen LogP contribution in [0.5, 0.6) is 5.75 Å². The van der Waals surface area contributed by atoms with Gasteiger partial charge in [-0.1, -0.05) is 11.6 Å². The van der Waals surface area contributed by atoms with Crippen LogP contribution in [-0.4, -0.2) is 25.4 Å². The zero-order chi connectivity index (χ0) is 13.2. The van der Waals surface area contributed by atoms with Gasteiger partial charge in [-0.2, -0.15) is 0 Å². The van der Waals surface area contributed by atoms with Crippen LogP contribution < -0.4 is 10.1 Å². The van der Waals surface area contributed by atoms with Gasteiger partial charge in [-0.05, 0) is 31.0 Å². The van der Waals surface area contributed by atoms with Gasteiger partial charge in [0.1, 0.15) is 5.75 Å². The van der Waals surface area contributed by atoms with Crippen molar-refractivity contribution in [3.63, 3.8) is 0 Å². The van der Waals surface area contributed by atoms with Crippen molar-refractivity contribution in [2.45, 2.75) is 12.8 Å². The van der Waals surface area contributed by atoms with Crippen molar-refractivity contribution in [2.75, 3.05) is 19.5 Å². The summed E-state index contributed by atoms with van der Waals surface area (Å²) < 4.78 is 5.15. The molecular formula is C13H15Cl2NO2. The van der Waals surface area contributed by atoms with Gasteiger partial charge >= 0.3 is 0 Å². The molecule has 0 aliphatic heterocycles. The number of amides is 1. The van der Waals surface area contributed by atoms with Crippen molar-refractivity contribution in [2.24, 2.45) is 5.41 Å². The minimum Gasteiger partial charge on any atom is -0.496 e. The molecule has 0 heterocycles. The number of ether oxygens (including phenoxy) is 1. The molecule has 1 aromatic carbocycles. The topological polar surface area (TPSA) is 38.3 Å². The first kappa shape index (κ1) is 13.5. The van der Waals surface area contributed by atoms with Gasteiger partial charge in [-0.15, -0.1) is 11.6 Å². The van der Waals surface area contributed by atoms with E-state index in [9.17, 15) is 4.79 Å². The summed E-state index contributed by atoms with van der Waals surface area (Å²) in [6, 6.07) is 4.97. The Morgan fingerprint density at radius 1 is 1.50 bits per heavy atom. The Morgan fingerprint density at radius 3 is 2.78 bits per heavy atom. The van der Waals surface area contributed by atoms with Crippen molar-refractivity contribution >= 4 is 29.1 Å². The van der Waals surface area contributed by atoms with Crippen molar-refractivity contribution < 1.29 is 9.53 Å². The lowest BCUT2D eigenvalue weighted by molar-refractivity contribution is 0.0943. The molecule has 98 valence electrons. The SMILES string of the molecule is COc1cc(Cl)ccc1C(=O)NCC1(CCl)CC1. The molecule has 18 heavy (non-hydrogen) atoms. The second-order valence-electron chi connectivity index (χ2n) is 4.66. The number of hydrogen-bond acceptors (Lipinski definition) is 2. The molecule has 0 radical (unpaired) electrons. The second kappa shape index (κ2) is 5.37. The van der Waals surface area contributed by atoms with E-state index in [1.54, 1.807) is 18.2 Å². The van der Waals surface area contributed by atoms with Crippen molar-refractivity contribution in [3.8, 4) is 5.75 Å². The summed E-state index contributed by atoms with van der Waals surface area (Å²) in [4.78, 5) is 12.0. The van der Waals surface area contributed by atoms with Crippen LogP contribution in [0.1, 0.15) is 23.2 Å². The normalized spacial score (nSPS) is 16.2. The lowest BCUT2D eigenvalue weighted by atomic mass is 10.1. The standard InChI is InChI=1S/C13H15Cl2NO2/c1-18-11-6-9(15)2-3-10(11)12(17)16-8-13(7-14)4-5-13/h2-3,6H,4-5,7-8H2,1H3,(H,16,17). The van der Waals surface area contributed by atoms with Gasteiger partial charge in [0.05, 0.1) is 12.7 Å². The highest BCUT2D eigenvalue weighted by Gasteiger charge is 2.41. The quantitative estimate of drug-likeness (QED) is 0.845. The summed E-state index contributed by atoms with van der Waals surface area (Å²) >= 11 is 11.7. The van der Waals surface area contributed by atoms with E-state index in [1.165, 1.54) is 7.11 Å². The molecule has 0 aromatic heterocycles. The predicted octanol–water partition coefficient (Wildman–Crippen LogP) is 3.10. The Bertz CT molecular complexity index is 458. The molecule has 0 saturated heterocycles. The van der Waals surface area contributed by atoms with Crippen LogP contribution in [0.15, 0.2) is 18.2 Å². The minimum absolute atomic E-state index is 0.108. The summed E-state index contributed by atoms with van der Waals surface area (Å²) in [6.45, 7) is 0.612. The number of carbonyl (C=O) groups is 1. The van der Waals surface area contributed by atoms with Crippen molar-refractivity contribution in [1.29, 1.82) is 0 Å². The van der Waals surface area contributed by atoms with Crippen LogP contribution in [-0.2, 0) is 0 Å². The third kappa shape index (κ3) is 2.90. The molecule has 2 rings (SSSR count). The second-order valence-corrected chi connectivity index (χ2v) is 5.36. The third-order valence-electron chi connectivity index (χ3n) is 3.27. The summed E-state index contributed by atoms with van der Waals surface area (Å²) in [5, 5.41) is 3.44. The van der Waals surface area contributed by atoms with Gasteiger partial charge in [-0.25, -0.2) is 0 Å². The Morgan fingerprint density at radius 2 is 2.22 bits per heavy atom. The molecule has 0 unspecified atom stereocenters. The first-order valence-corrected chi connectivity index (χ1v) is 6.69. The lowest BCUT2D eigenvalue weighted by Gasteiger charge is -2.14. The molecule has 0 spiro atoms. The van der Waals surface area contributed by atoms with E-state index in [-0.39, 0.29) is 11.3 Å². The highest BCUT2D eigenvalue weighted by Crippen LogP contribution is 2.45. The molecule has 1 amide bonds. The molecule has 5 heteroatoms. The van der Waals surface area contributed by atoms with Gasteiger partial charge in [-0.3, -0.25) is 4.79 Å². The Balaban J connectivity index is 2.04. The van der Waals surface area contributed by atoms with E-state index >= 15 is 0 Å². The molecule has 1 aliphatic carbocycles. The fraction of sp³-hybridized carbons (Fsp3) is 0.462. The Kier molecular flexibility index (Phi) is 4.03. The van der Waals surface area contributed by atoms with Gasteiger partial charge < -0.3 is 10.1 Å². The first-order valence-electron chi connectivity index (χ1n) is 5.78. The van der Waals surface area contributed by atoms with E-state index in [0.29, 0.717) is 28.8 Å². The highest BCUT2D eigenvalue weighted by molar-refractivity contribution is 6.30. The zero-order valence-corrected chi connectivity index (χ0v) is 11.6. The predicted molar refractivity (Wildman–Crippen MR) is 72.7 cm³/mol. The molecule has 0 bridgehead atoms. The van der Waals surface area contributed by atoms with Crippen LogP contribution >= 0.6 is 23.2 Å². The largest absolute Gasteiger partial charge is 0.496 e. The maximum atomic E-state index is 12.0. The molecule has 1 aliphatic rings. The highest BCUT2D eigenvalue weighted by atomic mass is 35.5. The smallest absolute Gasteiger partial charge is 0.255 e. The van der Waals surface area contributed by atoms with E-state index in [4.69, 9.17) is 27.9 Å². The number of benzene rings is 1. The van der Waals surface area contributed by atoms with E-state index in [0.717, 1.165) is 12.8 Å². The number of hydrogen-bond donors (Lipinski definition) is 1. The van der Waals surface area contributed by atoms with Crippen molar-refractivity contribution in [3.05, 3.63) is 28.8 Å². The molecule has 3 nitrogen and oxygen atoms in total. The van der Waals surface area contributed by atoms with Crippen LogP contribution in [0.25, 0.3) is 0 Å². The molecule has 1 saturated carbocycles. The fourth-order valence-corrected chi connectivity index (χ4v) is 2.27. The molecule has 1 fully saturated rings. The Hall–Kier alpha value is -0.930. The summed E-state index contributed by atoms with van der Waals surface area (Å²) in [7, 11) is 1.52. The third-order valence-corrected chi connectivity index (χ3v) is 4.07. The summed E-state index contributed by atoms with van der Waals surface area (Å²) in [5.41, 5.74) is 0.601. The molecule has 1 N–H and O–H groups in total. The van der Waals surface area contributed by atoms with E-state index < -0.39 is 0 Å². The average molecular weight is 288 g/mol. The van der Waals surface area contributed by atoms with E-state index in [1.807, 2.05) is 0 Å². The van der Waals surface area contributed by atoms with Gasteiger partial charge in [0.25, 0.3) is 5.91 Å². The van der Waals surface area contributed by atoms with Gasteiger partial charge in [0.2, 0.25) is 0 Å². The monoisotopic (exact) mass is 287 g/mol. The number of carbonyl (C=O) groups excluding carboxylic acids is 1. The van der Waals surface area contributed by atoms with Crippen LogP contribution in [0.3, 0.4) is 0 Å². The Labute approximate surface area is 116 Å². The van der Waals surface area contributed by atoms with Crippen LogP contribution in [0.4, 0.5) is 0 Å². The first-order chi connectivity index (χ1) is 8.60. The molecule has 0 atom stereocenters. The number of nitrogens with one attached hydrogen (secondary N) is 1. The van der Waals surface area contributed by atoms with Gasteiger partial charge in [0, 0.05) is 22.9 Å². The maximum absolute atomic E-state index is 12.0.